The van der Waals surface area contributed by atoms with Gasteiger partial charge in [0.15, 0.2) is 0 Å². The lowest BCUT2D eigenvalue weighted by atomic mass is 9.86. The molecule has 0 radical (unpaired) electrons. The molecule has 0 amide bonds. The van der Waals surface area contributed by atoms with Crippen molar-refractivity contribution in [3.63, 3.8) is 0 Å². The summed E-state index contributed by atoms with van der Waals surface area (Å²) in [5, 5.41) is 0. The van der Waals surface area contributed by atoms with E-state index < -0.39 is 12.7 Å². The van der Waals surface area contributed by atoms with E-state index in [2.05, 4.69) is 19.3 Å². The molecule has 0 saturated carbocycles. The fourth-order valence-corrected chi connectivity index (χ4v) is 4.60. The summed E-state index contributed by atoms with van der Waals surface area (Å²) in [5.41, 5.74) is 1.19. The number of para-hydroxylation sites is 1. The SMILES string of the molecule is FC(F)(F)Oc1ccc([C@H]2C[C@@H](CN3CCCC3)N2Cc2ccccc2OC(F)(F)F)cc1. The highest BCUT2D eigenvalue weighted by Gasteiger charge is 2.41. The summed E-state index contributed by atoms with van der Waals surface area (Å²) >= 11 is 0. The van der Waals surface area contributed by atoms with E-state index in [1.54, 1.807) is 24.3 Å². The fraction of sp³-hybridized carbons (Fsp3) is 0.478. The van der Waals surface area contributed by atoms with Crippen LogP contribution in [0.15, 0.2) is 48.5 Å². The molecule has 2 saturated heterocycles. The molecule has 2 heterocycles. The Hall–Kier alpha value is -2.46. The molecule has 0 bridgehead atoms. The number of likely N-dealkylation sites (tertiary alicyclic amines) is 2. The molecule has 180 valence electrons. The molecule has 2 atom stereocenters. The molecule has 2 aliphatic heterocycles. The van der Waals surface area contributed by atoms with Gasteiger partial charge < -0.3 is 14.4 Å². The van der Waals surface area contributed by atoms with Crippen LogP contribution in [0.4, 0.5) is 26.3 Å². The van der Waals surface area contributed by atoms with Crippen LogP contribution in [0.2, 0.25) is 0 Å². The zero-order valence-electron chi connectivity index (χ0n) is 17.7. The van der Waals surface area contributed by atoms with Crippen LogP contribution in [0.3, 0.4) is 0 Å². The summed E-state index contributed by atoms with van der Waals surface area (Å²) in [6.45, 7) is 3.02. The van der Waals surface area contributed by atoms with Crippen molar-refractivity contribution in [3.05, 3.63) is 59.7 Å². The number of benzene rings is 2. The van der Waals surface area contributed by atoms with Crippen LogP contribution in [0, 0.1) is 0 Å². The van der Waals surface area contributed by atoms with Crippen molar-refractivity contribution >= 4 is 0 Å². The van der Waals surface area contributed by atoms with E-state index in [9.17, 15) is 26.3 Å². The van der Waals surface area contributed by atoms with Crippen LogP contribution in [0.1, 0.15) is 36.4 Å². The van der Waals surface area contributed by atoms with Crippen LogP contribution >= 0.6 is 0 Å². The van der Waals surface area contributed by atoms with Crippen molar-refractivity contribution < 1.29 is 35.8 Å². The highest BCUT2D eigenvalue weighted by atomic mass is 19.4. The van der Waals surface area contributed by atoms with Crippen LogP contribution in [0.5, 0.6) is 11.5 Å². The predicted octanol–water partition coefficient (Wildman–Crippen LogP) is 5.90. The zero-order valence-corrected chi connectivity index (χ0v) is 17.7. The first kappa shape index (κ1) is 23.7. The molecule has 0 aliphatic carbocycles. The van der Waals surface area contributed by atoms with E-state index in [4.69, 9.17) is 0 Å². The van der Waals surface area contributed by atoms with Gasteiger partial charge in [-0.1, -0.05) is 30.3 Å². The number of nitrogens with zero attached hydrogens (tertiary/aromatic N) is 2. The molecule has 2 aliphatic rings. The van der Waals surface area contributed by atoms with Crippen molar-refractivity contribution in [3.8, 4) is 11.5 Å². The molecule has 33 heavy (non-hydrogen) atoms. The maximum atomic E-state index is 12.9. The van der Waals surface area contributed by atoms with Crippen LogP contribution in [0.25, 0.3) is 0 Å². The maximum absolute atomic E-state index is 12.9. The molecule has 0 spiro atoms. The highest BCUT2D eigenvalue weighted by Crippen LogP contribution is 2.42. The number of hydrogen-bond acceptors (Lipinski definition) is 4. The molecule has 10 heteroatoms. The van der Waals surface area contributed by atoms with E-state index in [1.165, 1.54) is 24.3 Å². The van der Waals surface area contributed by atoms with Gasteiger partial charge in [0, 0.05) is 30.7 Å². The average molecular weight is 474 g/mol. The fourth-order valence-electron chi connectivity index (χ4n) is 4.60. The Bertz CT molecular complexity index is 926. The summed E-state index contributed by atoms with van der Waals surface area (Å²) in [5.74, 6) is -0.556. The van der Waals surface area contributed by atoms with E-state index in [0.717, 1.165) is 44.5 Å². The minimum atomic E-state index is -4.80. The second-order valence-electron chi connectivity index (χ2n) is 8.36. The van der Waals surface area contributed by atoms with Crippen molar-refractivity contribution in [2.24, 2.45) is 0 Å². The number of rotatable bonds is 7. The van der Waals surface area contributed by atoms with Gasteiger partial charge in [0.1, 0.15) is 11.5 Å². The minimum absolute atomic E-state index is 0.123. The first-order chi connectivity index (χ1) is 15.6. The van der Waals surface area contributed by atoms with Crippen LogP contribution < -0.4 is 9.47 Å². The summed E-state index contributed by atoms with van der Waals surface area (Å²) in [6.07, 6.45) is -6.56. The summed E-state index contributed by atoms with van der Waals surface area (Å²) in [6, 6.07) is 11.7. The number of halogens is 6. The summed E-state index contributed by atoms with van der Waals surface area (Å²) < 4.78 is 84.1. The monoisotopic (exact) mass is 474 g/mol. The molecule has 0 N–H and O–H groups in total. The molecular weight excluding hydrogens is 450 g/mol. The van der Waals surface area contributed by atoms with Crippen molar-refractivity contribution in [1.82, 2.24) is 9.80 Å². The van der Waals surface area contributed by atoms with Crippen LogP contribution in [-0.4, -0.2) is 48.2 Å². The average Bonchev–Trinajstić information content (AvgIpc) is 3.22. The third-order valence-corrected chi connectivity index (χ3v) is 6.08. The van der Waals surface area contributed by atoms with Gasteiger partial charge in [0.25, 0.3) is 0 Å². The van der Waals surface area contributed by atoms with Gasteiger partial charge in [0.2, 0.25) is 0 Å². The van der Waals surface area contributed by atoms with Gasteiger partial charge in [-0.25, -0.2) is 0 Å². The quantitative estimate of drug-likeness (QED) is 0.467. The lowest BCUT2D eigenvalue weighted by Crippen LogP contribution is -2.54. The third kappa shape index (κ3) is 6.32. The Morgan fingerprint density at radius 2 is 1.45 bits per heavy atom. The largest absolute Gasteiger partial charge is 0.573 e. The molecule has 2 aromatic rings. The van der Waals surface area contributed by atoms with Crippen molar-refractivity contribution in [2.45, 2.75) is 50.6 Å². The molecule has 4 nitrogen and oxygen atoms in total. The van der Waals surface area contributed by atoms with Gasteiger partial charge in [0.05, 0.1) is 0 Å². The molecule has 2 aromatic carbocycles. The van der Waals surface area contributed by atoms with Gasteiger partial charge in [-0.3, -0.25) is 4.90 Å². The second kappa shape index (κ2) is 9.42. The van der Waals surface area contributed by atoms with Crippen molar-refractivity contribution in [2.75, 3.05) is 19.6 Å². The smallest absolute Gasteiger partial charge is 0.406 e. The minimum Gasteiger partial charge on any atom is -0.406 e. The molecule has 0 unspecified atom stereocenters. The van der Waals surface area contributed by atoms with Gasteiger partial charge in [-0.15, -0.1) is 26.3 Å². The number of ether oxygens (including phenoxy) is 2. The standard InChI is InChI=1S/C23H24F6N2O2/c24-22(25,26)32-19-9-7-16(8-10-19)20-13-18(15-30-11-3-4-12-30)31(20)14-17-5-1-2-6-21(17)33-23(27,28)29/h1-2,5-10,18,20H,3-4,11-15H2/t18-,20+/m0/s1. The lowest BCUT2D eigenvalue weighted by Gasteiger charge is -2.50. The first-order valence-electron chi connectivity index (χ1n) is 10.7. The first-order valence-corrected chi connectivity index (χ1v) is 10.7. The Morgan fingerprint density at radius 3 is 2.09 bits per heavy atom. The summed E-state index contributed by atoms with van der Waals surface area (Å²) in [4.78, 5) is 4.43. The lowest BCUT2D eigenvalue weighted by molar-refractivity contribution is -0.275. The normalized spacial score (nSPS) is 22.2. The van der Waals surface area contributed by atoms with E-state index in [-0.39, 0.29) is 30.1 Å². The van der Waals surface area contributed by atoms with E-state index in [1.807, 2.05) is 0 Å². The highest BCUT2D eigenvalue weighted by molar-refractivity contribution is 5.35. The Balaban J connectivity index is 1.53. The molecule has 4 rings (SSSR count). The molecule has 2 fully saturated rings. The van der Waals surface area contributed by atoms with E-state index in [0.29, 0.717) is 5.56 Å². The van der Waals surface area contributed by atoms with Gasteiger partial charge in [-0.05, 0) is 56.1 Å². The molecule has 0 aromatic heterocycles. The Labute approximate surface area is 187 Å². The molecular formula is C23H24F6N2O2. The zero-order chi connectivity index (χ0) is 23.6. The van der Waals surface area contributed by atoms with Gasteiger partial charge in [-0.2, -0.15) is 0 Å². The summed E-state index contributed by atoms with van der Waals surface area (Å²) in [7, 11) is 0. The van der Waals surface area contributed by atoms with E-state index >= 15 is 0 Å². The van der Waals surface area contributed by atoms with Crippen molar-refractivity contribution in [1.29, 1.82) is 0 Å². The maximum Gasteiger partial charge on any atom is 0.573 e. The van der Waals surface area contributed by atoms with Crippen LogP contribution in [-0.2, 0) is 6.54 Å². The Kier molecular flexibility index (Phi) is 6.76. The number of alkyl halides is 6. The topological polar surface area (TPSA) is 24.9 Å². The second-order valence-corrected chi connectivity index (χ2v) is 8.36. The number of hydrogen-bond donors (Lipinski definition) is 0. The predicted molar refractivity (Wildman–Crippen MR) is 109 cm³/mol. The van der Waals surface area contributed by atoms with Gasteiger partial charge >= 0.3 is 12.7 Å². The third-order valence-electron chi connectivity index (χ3n) is 6.08. The Morgan fingerprint density at radius 1 is 0.818 bits per heavy atom.